The van der Waals surface area contributed by atoms with Gasteiger partial charge in [0.1, 0.15) is 0 Å². The smallest absolute Gasteiger partial charge is 0.0945 e. The van der Waals surface area contributed by atoms with Crippen molar-refractivity contribution in [3.8, 4) is 0 Å². The maximum Gasteiger partial charge on any atom is 0.0945 e. The van der Waals surface area contributed by atoms with Crippen LogP contribution in [0.15, 0.2) is 30.3 Å². The SMILES string of the molecule is CCC1CCC(C)N1C(CC)C(O)c1ccccc1. The second kappa shape index (κ2) is 6.53. The van der Waals surface area contributed by atoms with Gasteiger partial charge in [0.25, 0.3) is 0 Å². The van der Waals surface area contributed by atoms with Crippen molar-refractivity contribution in [2.24, 2.45) is 0 Å². The predicted octanol–water partition coefficient (Wildman–Crippen LogP) is 3.76. The average molecular weight is 261 g/mol. The summed E-state index contributed by atoms with van der Waals surface area (Å²) in [5, 5.41) is 10.7. The van der Waals surface area contributed by atoms with E-state index in [-0.39, 0.29) is 12.1 Å². The molecule has 2 heteroatoms. The van der Waals surface area contributed by atoms with E-state index in [0.29, 0.717) is 12.1 Å². The molecule has 1 aromatic carbocycles. The van der Waals surface area contributed by atoms with Gasteiger partial charge in [0, 0.05) is 18.1 Å². The van der Waals surface area contributed by atoms with Gasteiger partial charge < -0.3 is 5.11 Å². The van der Waals surface area contributed by atoms with E-state index in [2.05, 4.69) is 25.7 Å². The minimum atomic E-state index is -0.374. The van der Waals surface area contributed by atoms with E-state index >= 15 is 0 Å². The molecule has 2 rings (SSSR count). The Balaban J connectivity index is 2.19. The first-order valence-electron chi connectivity index (χ1n) is 7.69. The quantitative estimate of drug-likeness (QED) is 0.872. The third kappa shape index (κ3) is 3.01. The van der Waals surface area contributed by atoms with Crippen molar-refractivity contribution < 1.29 is 5.11 Å². The van der Waals surface area contributed by atoms with Gasteiger partial charge in [0.15, 0.2) is 0 Å². The van der Waals surface area contributed by atoms with Crippen molar-refractivity contribution in [2.75, 3.05) is 0 Å². The summed E-state index contributed by atoms with van der Waals surface area (Å²) >= 11 is 0. The fourth-order valence-corrected chi connectivity index (χ4v) is 3.57. The number of nitrogens with zero attached hydrogens (tertiary/aromatic N) is 1. The lowest BCUT2D eigenvalue weighted by molar-refractivity contribution is 0.0189. The Morgan fingerprint density at radius 1 is 1.21 bits per heavy atom. The predicted molar refractivity (Wildman–Crippen MR) is 80.1 cm³/mol. The van der Waals surface area contributed by atoms with Crippen LogP contribution in [0, 0.1) is 0 Å². The van der Waals surface area contributed by atoms with Gasteiger partial charge in [-0.1, -0.05) is 44.2 Å². The van der Waals surface area contributed by atoms with Gasteiger partial charge >= 0.3 is 0 Å². The molecule has 4 atom stereocenters. The molecule has 0 aliphatic carbocycles. The van der Waals surface area contributed by atoms with E-state index in [0.717, 1.165) is 12.0 Å². The number of benzene rings is 1. The zero-order valence-corrected chi connectivity index (χ0v) is 12.4. The summed E-state index contributed by atoms with van der Waals surface area (Å²) in [4.78, 5) is 2.57. The zero-order chi connectivity index (χ0) is 13.8. The van der Waals surface area contributed by atoms with Crippen LogP contribution in [0.4, 0.5) is 0 Å². The van der Waals surface area contributed by atoms with Crippen LogP contribution in [-0.4, -0.2) is 28.1 Å². The van der Waals surface area contributed by atoms with Crippen LogP contribution in [0.1, 0.15) is 58.1 Å². The Hall–Kier alpha value is -0.860. The Morgan fingerprint density at radius 2 is 1.89 bits per heavy atom. The van der Waals surface area contributed by atoms with Crippen molar-refractivity contribution >= 4 is 0 Å². The van der Waals surface area contributed by atoms with Gasteiger partial charge in [-0.3, -0.25) is 4.90 Å². The molecule has 1 N–H and O–H groups in total. The largest absolute Gasteiger partial charge is 0.387 e. The molecule has 1 aromatic rings. The molecule has 2 nitrogen and oxygen atoms in total. The second-order valence-corrected chi connectivity index (χ2v) is 5.77. The standard InChI is InChI=1S/C17H27NO/c1-4-15-12-11-13(3)18(15)16(5-2)17(19)14-9-7-6-8-10-14/h6-10,13,15-17,19H,4-5,11-12H2,1-3H3. The van der Waals surface area contributed by atoms with Crippen LogP contribution in [0.2, 0.25) is 0 Å². The highest BCUT2D eigenvalue weighted by molar-refractivity contribution is 5.19. The number of aliphatic hydroxyl groups is 1. The Labute approximate surface area is 117 Å². The highest BCUT2D eigenvalue weighted by Crippen LogP contribution is 2.34. The Kier molecular flexibility index (Phi) is 5.00. The molecule has 106 valence electrons. The first-order valence-corrected chi connectivity index (χ1v) is 7.69. The molecule has 0 amide bonds. The zero-order valence-electron chi connectivity index (χ0n) is 12.4. The van der Waals surface area contributed by atoms with Crippen LogP contribution >= 0.6 is 0 Å². The van der Waals surface area contributed by atoms with Gasteiger partial charge in [0.2, 0.25) is 0 Å². The number of hydrogen-bond donors (Lipinski definition) is 1. The molecule has 0 radical (unpaired) electrons. The number of aliphatic hydroxyl groups excluding tert-OH is 1. The van der Waals surface area contributed by atoms with Gasteiger partial charge in [-0.05, 0) is 38.2 Å². The summed E-state index contributed by atoms with van der Waals surface area (Å²) in [6.07, 6.45) is 4.34. The van der Waals surface area contributed by atoms with Crippen LogP contribution in [-0.2, 0) is 0 Å². The second-order valence-electron chi connectivity index (χ2n) is 5.77. The van der Waals surface area contributed by atoms with E-state index in [4.69, 9.17) is 0 Å². The lowest BCUT2D eigenvalue weighted by atomic mass is 9.97. The van der Waals surface area contributed by atoms with Gasteiger partial charge in [0.05, 0.1) is 6.10 Å². The van der Waals surface area contributed by atoms with Gasteiger partial charge in [-0.2, -0.15) is 0 Å². The number of likely N-dealkylation sites (tertiary alicyclic amines) is 1. The fourth-order valence-electron chi connectivity index (χ4n) is 3.57. The molecule has 0 saturated carbocycles. The van der Waals surface area contributed by atoms with Crippen molar-refractivity contribution in [2.45, 2.75) is 70.7 Å². The lowest BCUT2D eigenvalue weighted by Crippen LogP contribution is -2.45. The van der Waals surface area contributed by atoms with E-state index in [1.54, 1.807) is 0 Å². The Bertz CT molecular complexity index is 378. The highest BCUT2D eigenvalue weighted by atomic mass is 16.3. The summed E-state index contributed by atoms with van der Waals surface area (Å²) in [6.45, 7) is 6.75. The molecule has 4 unspecified atom stereocenters. The fraction of sp³-hybridized carbons (Fsp3) is 0.647. The minimum Gasteiger partial charge on any atom is -0.387 e. The first kappa shape index (κ1) is 14.5. The molecule has 1 aliphatic heterocycles. The van der Waals surface area contributed by atoms with Crippen molar-refractivity contribution in [1.82, 2.24) is 4.90 Å². The van der Waals surface area contributed by atoms with E-state index in [1.165, 1.54) is 19.3 Å². The summed E-state index contributed by atoms with van der Waals surface area (Å²) in [7, 11) is 0. The monoisotopic (exact) mass is 261 g/mol. The van der Waals surface area contributed by atoms with Crippen LogP contribution in [0.5, 0.6) is 0 Å². The molecular weight excluding hydrogens is 234 g/mol. The molecule has 0 spiro atoms. The summed E-state index contributed by atoms with van der Waals surface area (Å²) in [6, 6.07) is 11.6. The maximum atomic E-state index is 10.7. The highest BCUT2D eigenvalue weighted by Gasteiger charge is 2.37. The lowest BCUT2D eigenvalue weighted by Gasteiger charge is -2.38. The normalized spacial score (nSPS) is 27.4. The summed E-state index contributed by atoms with van der Waals surface area (Å²) < 4.78 is 0. The number of hydrogen-bond acceptors (Lipinski definition) is 2. The molecule has 0 bridgehead atoms. The van der Waals surface area contributed by atoms with E-state index in [1.807, 2.05) is 30.3 Å². The summed E-state index contributed by atoms with van der Waals surface area (Å²) in [5.41, 5.74) is 1.04. The molecule has 1 aliphatic rings. The van der Waals surface area contributed by atoms with Crippen LogP contribution in [0.3, 0.4) is 0 Å². The molecular formula is C17H27NO. The van der Waals surface area contributed by atoms with Crippen LogP contribution in [0.25, 0.3) is 0 Å². The number of rotatable bonds is 5. The van der Waals surface area contributed by atoms with Crippen molar-refractivity contribution in [3.63, 3.8) is 0 Å². The maximum absolute atomic E-state index is 10.7. The average Bonchev–Trinajstić information content (AvgIpc) is 2.82. The molecule has 1 fully saturated rings. The molecule has 19 heavy (non-hydrogen) atoms. The molecule has 1 heterocycles. The molecule has 0 aromatic heterocycles. The van der Waals surface area contributed by atoms with Gasteiger partial charge in [-0.25, -0.2) is 0 Å². The third-order valence-corrected chi connectivity index (χ3v) is 4.63. The van der Waals surface area contributed by atoms with Gasteiger partial charge in [-0.15, -0.1) is 0 Å². The van der Waals surface area contributed by atoms with Crippen molar-refractivity contribution in [1.29, 1.82) is 0 Å². The van der Waals surface area contributed by atoms with E-state index < -0.39 is 0 Å². The van der Waals surface area contributed by atoms with E-state index in [9.17, 15) is 5.11 Å². The molecule has 1 saturated heterocycles. The first-order chi connectivity index (χ1) is 9.19. The summed E-state index contributed by atoms with van der Waals surface area (Å²) in [5.74, 6) is 0. The Morgan fingerprint density at radius 3 is 2.47 bits per heavy atom. The third-order valence-electron chi connectivity index (χ3n) is 4.63. The van der Waals surface area contributed by atoms with Crippen molar-refractivity contribution in [3.05, 3.63) is 35.9 Å². The minimum absolute atomic E-state index is 0.241. The van der Waals surface area contributed by atoms with Crippen LogP contribution < -0.4 is 0 Å². The topological polar surface area (TPSA) is 23.5 Å².